The van der Waals surface area contributed by atoms with Crippen molar-refractivity contribution in [2.45, 2.75) is 12.8 Å². The highest BCUT2D eigenvalue weighted by Crippen LogP contribution is 2.23. The van der Waals surface area contributed by atoms with Gasteiger partial charge < -0.3 is 0 Å². The number of hydrogen-bond donors (Lipinski definition) is 1. The molecule has 3 rings (SSSR count). The first-order valence-electron chi connectivity index (χ1n) is 5.66. The van der Waals surface area contributed by atoms with Crippen LogP contribution in [0.25, 0.3) is 10.8 Å². The summed E-state index contributed by atoms with van der Waals surface area (Å²) >= 11 is -1.60. The van der Waals surface area contributed by atoms with Crippen molar-refractivity contribution in [3.63, 3.8) is 0 Å². The van der Waals surface area contributed by atoms with Crippen LogP contribution in [0.15, 0.2) is 46.9 Å². The zero-order valence-electron chi connectivity index (χ0n) is 9.79. The summed E-state index contributed by atoms with van der Waals surface area (Å²) in [5, 5.41) is 2.39. The molecule has 0 radical (unpaired) electrons. The molecule has 1 aliphatic rings. The van der Waals surface area contributed by atoms with E-state index in [2.05, 4.69) is 40.2 Å². The lowest BCUT2D eigenvalue weighted by atomic mass is 9.97. The zero-order chi connectivity index (χ0) is 12.5. The van der Waals surface area contributed by atoms with Crippen LogP contribution in [-0.2, 0) is 15.6 Å². The molecule has 0 spiro atoms. The average Bonchev–Trinajstić information content (AvgIpc) is 2.84. The molecule has 4 nitrogen and oxygen atoms in total. The molecule has 0 aliphatic carbocycles. The molecule has 2 atom stereocenters. The zero-order valence-corrected chi connectivity index (χ0v) is 10.6. The number of nitrogens with one attached hydrogen (secondary N) is 1. The van der Waals surface area contributed by atoms with Gasteiger partial charge in [0.15, 0.2) is 0 Å². The highest BCUT2D eigenvalue weighted by atomic mass is 32.2. The third-order valence-corrected chi connectivity index (χ3v) is 3.65. The summed E-state index contributed by atoms with van der Waals surface area (Å²) in [5.74, 6) is 0.629. The normalized spacial score (nSPS) is 20.5. The maximum atomic E-state index is 11.0. The molecular formula is C13H12N2O2S. The van der Waals surface area contributed by atoms with E-state index >= 15 is 0 Å². The molecule has 2 aromatic carbocycles. The van der Waals surface area contributed by atoms with Gasteiger partial charge in [0, 0.05) is 5.92 Å². The number of hydrogen-bond acceptors (Lipinski definition) is 3. The van der Waals surface area contributed by atoms with Crippen LogP contribution < -0.4 is 5.48 Å². The van der Waals surface area contributed by atoms with Crippen LogP contribution in [-0.4, -0.2) is 10.0 Å². The fourth-order valence-electron chi connectivity index (χ4n) is 2.00. The first-order chi connectivity index (χ1) is 8.74. The molecule has 18 heavy (non-hydrogen) atoms. The van der Waals surface area contributed by atoms with E-state index in [4.69, 9.17) is 4.28 Å². The third-order valence-electron chi connectivity index (χ3n) is 3.07. The largest absolute Gasteiger partial charge is 0.309 e. The van der Waals surface area contributed by atoms with Gasteiger partial charge >= 0.3 is 11.3 Å². The van der Waals surface area contributed by atoms with E-state index in [-0.39, 0.29) is 5.92 Å². The van der Waals surface area contributed by atoms with Crippen LogP contribution in [0.5, 0.6) is 0 Å². The van der Waals surface area contributed by atoms with Crippen molar-refractivity contribution < 1.29 is 8.49 Å². The van der Waals surface area contributed by atoms with E-state index in [0.717, 1.165) is 5.56 Å². The molecule has 5 heteroatoms. The SMILES string of the molecule is C[C@H](C1=NS(=O)ON1)c1ccc2ccccc2c1. The van der Waals surface area contributed by atoms with Gasteiger partial charge in [-0.3, -0.25) is 0 Å². The smallest absolute Gasteiger partial charge is 0.234 e. The molecule has 0 saturated carbocycles. The first kappa shape index (κ1) is 11.4. The number of benzene rings is 2. The molecule has 0 saturated heterocycles. The Hall–Kier alpha value is -1.72. The monoisotopic (exact) mass is 260 g/mol. The molecule has 1 N–H and O–H groups in total. The quantitative estimate of drug-likeness (QED) is 0.902. The molecule has 1 heterocycles. The Morgan fingerprint density at radius 1 is 1.22 bits per heavy atom. The van der Waals surface area contributed by atoms with Gasteiger partial charge in [-0.1, -0.05) is 49.4 Å². The minimum Gasteiger partial charge on any atom is -0.234 e. The van der Waals surface area contributed by atoms with E-state index in [9.17, 15) is 4.21 Å². The van der Waals surface area contributed by atoms with Crippen LogP contribution in [0.2, 0.25) is 0 Å². The van der Waals surface area contributed by atoms with Crippen molar-refractivity contribution in [2.75, 3.05) is 0 Å². The Morgan fingerprint density at radius 3 is 2.72 bits per heavy atom. The predicted molar refractivity (Wildman–Crippen MR) is 72.2 cm³/mol. The highest BCUT2D eigenvalue weighted by molar-refractivity contribution is 7.79. The second kappa shape index (κ2) is 4.51. The van der Waals surface area contributed by atoms with E-state index in [0.29, 0.717) is 5.84 Å². The molecule has 0 amide bonds. The molecule has 0 fully saturated rings. The third kappa shape index (κ3) is 2.02. The van der Waals surface area contributed by atoms with Crippen molar-refractivity contribution in [3.8, 4) is 0 Å². The minimum absolute atomic E-state index is 0.0288. The second-order valence-electron chi connectivity index (χ2n) is 4.21. The molecule has 0 aromatic heterocycles. The summed E-state index contributed by atoms with van der Waals surface area (Å²) in [5.41, 5.74) is 3.72. The Morgan fingerprint density at radius 2 is 2.00 bits per heavy atom. The van der Waals surface area contributed by atoms with Gasteiger partial charge in [0.05, 0.1) is 0 Å². The van der Waals surface area contributed by atoms with Crippen molar-refractivity contribution in [3.05, 3.63) is 48.0 Å². The van der Waals surface area contributed by atoms with Crippen molar-refractivity contribution in [2.24, 2.45) is 4.40 Å². The lowest BCUT2D eigenvalue weighted by Crippen LogP contribution is -2.22. The first-order valence-corrected chi connectivity index (χ1v) is 6.70. The lowest BCUT2D eigenvalue weighted by molar-refractivity contribution is 0.301. The van der Waals surface area contributed by atoms with E-state index in [1.807, 2.05) is 19.1 Å². The Bertz CT molecular complexity index is 654. The molecule has 1 unspecified atom stereocenters. The lowest BCUT2D eigenvalue weighted by Gasteiger charge is -2.11. The average molecular weight is 260 g/mol. The van der Waals surface area contributed by atoms with Gasteiger partial charge in [-0.05, 0) is 16.3 Å². The summed E-state index contributed by atoms with van der Waals surface area (Å²) in [4.78, 5) is 0. The Kier molecular flexibility index (Phi) is 2.85. The predicted octanol–water partition coefficient (Wildman–Crippen LogP) is 2.46. The number of hydroxylamine groups is 1. The topological polar surface area (TPSA) is 50.7 Å². The van der Waals surface area contributed by atoms with E-state index in [1.54, 1.807) is 0 Å². The molecule has 92 valence electrons. The molecule has 1 aliphatic heterocycles. The van der Waals surface area contributed by atoms with Gasteiger partial charge in [0.25, 0.3) is 0 Å². The Labute approximate surface area is 107 Å². The number of fused-ring (bicyclic) bond motifs is 1. The summed E-state index contributed by atoms with van der Waals surface area (Å²) in [7, 11) is 0. The maximum Gasteiger partial charge on any atom is 0.309 e. The van der Waals surface area contributed by atoms with Gasteiger partial charge in [-0.25, -0.2) is 9.69 Å². The number of nitrogens with zero attached hydrogens (tertiary/aromatic N) is 1. The molecule has 0 bridgehead atoms. The fraction of sp³-hybridized carbons (Fsp3) is 0.154. The minimum atomic E-state index is -1.60. The fourth-order valence-corrected chi connectivity index (χ4v) is 2.55. The van der Waals surface area contributed by atoms with E-state index in [1.165, 1.54) is 10.8 Å². The van der Waals surface area contributed by atoms with E-state index < -0.39 is 11.3 Å². The Balaban J connectivity index is 1.99. The van der Waals surface area contributed by atoms with Crippen molar-refractivity contribution in [1.82, 2.24) is 5.48 Å². The second-order valence-corrected chi connectivity index (χ2v) is 4.99. The van der Waals surface area contributed by atoms with Gasteiger partial charge in [-0.2, -0.15) is 4.28 Å². The molecule has 2 aromatic rings. The van der Waals surface area contributed by atoms with Gasteiger partial charge in [-0.15, -0.1) is 4.40 Å². The standard InChI is InChI=1S/C13H12N2O2S/c1-9(13-14-17-18(16)15-13)11-7-6-10-4-2-3-5-12(10)8-11/h2-9H,1H3,(H,14,15)/t9-,18?/m0/s1. The molecular weight excluding hydrogens is 248 g/mol. The van der Waals surface area contributed by atoms with Crippen LogP contribution in [0.4, 0.5) is 0 Å². The number of amidine groups is 1. The van der Waals surface area contributed by atoms with Crippen LogP contribution in [0.3, 0.4) is 0 Å². The summed E-state index contributed by atoms with van der Waals surface area (Å²) in [6, 6.07) is 14.4. The van der Waals surface area contributed by atoms with Crippen LogP contribution >= 0.6 is 0 Å². The number of rotatable bonds is 2. The summed E-state index contributed by atoms with van der Waals surface area (Å²) in [6.07, 6.45) is 0. The maximum absolute atomic E-state index is 11.0. The highest BCUT2D eigenvalue weighted by Gasteiger charge is 2.20. The summed E-state index contributed by atoms with van der Waals surface area (Å²) in [6.45, 7) is 2.00. The van der Waals surface area contributed by atoms with Crippen LogP contribution in [0, 0.1) is 0 Å². The van der Waals surface area contributed by atoms with Gasteiger partial charge in [0.2, 0.25) is 0 Å². The van der Waals surface area contributed by atoms with Gasteiger partial charge in [0.1, 0.15) is 5.84 Å². The van der Waals surface area contributed by atoms with Crippen molar-refractivity contribution in [1.29, 1.82) is 0 Å². The van der Waals surface area contributed by atoms with Crippen molar-refractivity contribution >= 4 is 27.9 Å². The summed E-state index contributed by atoms with van der Waals surface area (Å²) < 4.78 is 19.7. The van der Waals surface area contributed by atoms with Crippen LogP contribution in [0.1, 0.15) is 18.4 Å².